The molecule has 6 heteroatoms. The Kier molecular flexibility index (Phi) is 4.31. The molecule has 1 aliphatic rings. The van der Waals surface area contributed by atoms with Crippen LogP contribution in [0.25, 0.3) is 6.08 Å². The maximum absolute atomic E-state index is 12.3. The predicted octanol–water partition coefficient (Wildman–Crippen LogP) is 3.32. The fourth-order valence-electron chi connectivity index (χ4n) is 2.23. The molecule has 3 rings (SSSR count). The van der Waals surface area contributed by atoms with Crippen molar-refractivity contribution in [2.45, 2.75) is 0 Å². The molecule has 0 unspecified atom stereocenters. The molecule has 116 valence electrons. The average Bonchev–Trinajstić information content (AvgIpc) is 3.12. The number of Topliss-reactive ketones (excluding diaryl/α,β-unsaturated/α-hetero) is 1. The Morgan fingerprint density at radius 2 is 2.22 bits per heavy atom. The number of methoxy groups -OCH3 is 1. The number of nitrogens with zero attached hydrogens (tertiary/aromatic N) is 1. The smallest absolute Gasteiger partial charge is 0.213 e. The van der Waals surface area contributed by atoms with Gasteiger partial charge < -0.3 is 14.2 Å². The van der Waals surface area contributed by atoms with Crippen LogP contribution in [0.5, 0.6) is 17.2 Å². The van der Waals surface area contributed by atoms with Gasteiger partial charge in [0.25, 0.3) is 0 Å². The average molecular weight is 327 g/mol. The molecule has 0 amide bonds. The number of hydrogen-bond donors (Lipinski definition) is 0. The highest BCUT2D eigenvalue weighted by Crippen LogP contribution is 2.40. The molecule has 0 aliphatic carbocycles. The largest absolute Gasteiger partial charge is 0.493 e. The fraction of sp³-hybridized carbons (Fsp3) is 0.176. The second-order valence-electron chi connectivity index (χ2n) is 4.72. The number of thiophene rings is 1. The molecular formula is C17H13NO4S. The van der Waals surface area contributed by atoms with Gasteiger partial charge in [-0.3, -0.25) is 4.79 Å². The quantitative estimate of drug-likeness (QED) is 0.489. The Balaban J connectivity index is 2.00. The maximum Gasteiger partial charge on any atom is 0.213 e. The highest BCUT2D eigenvalue weighted by atomic mass is 32.1. The number of carbonyl (C=O) groups is 1. The number of ether oxygens (including phenoxy) is 3. The Hall–Kier alpha value is -2.78. The van der Waals surface area contributed by atoms with Crippen molar-refractivity contribution in [2.24, 2.45) is 0 Å². The van der Waals surface area contributed by atoms with Crippen molar-refractivity contribution in [2.75, 3.05) is 20.3 Å². The van der Waals surface area contributed by atoms with Gasteiger partial charge in [-0.15, -0.1) is 11.3 Å². The zero-order valence-corrected chi connectivity index (χ0v) is 13.2. The van der Waals surface area contributed by atoms with Crippen LogP contribution in [-0.2, 0) is 0 Å². The SMILES string of the molecule is COc1cc(/C=C(\C#N)C(=O)c2cccs2)cc2c1OCCO2. The van der Waals surface area contributed by atoms with Gasteiger partial charge in [0.05, 0.1) is 12.0 Å². The van der Waals surface area contributed by atoms with Crippen LogP contribution in [0.1, 0.15) is 15.2 Å². The summed E-state index contributed by atoms with van der Waals surface area (Å²) in [6.45, 7) is 0.904. The summed E-state index contributed by atoms with van der Waals surface area (Å²) in [5.41, 5.74) is 0.707. The molecule has 0 fully saturated rings. The van der Waals surface area contributed by atoms with Gasteiger partial charge in [0.1, 0.15) is 24.9 Å². The third kappa shape index (κ3) is 3.05. The van der Waals surface area contributed by atoms with Gasteiger partial charge in [-0.05, 0) is 35.2 Å². The molecule has 0 saturated carbocycles. The molecule has 1 aromatic carbocycles. The Labute approximate surface area is 137 Å². The molecule has 2 aromatic rings. The summed E-state index contributed by atoms with van der Waals surface area (Å²) in [6, 6.07) is 8.88. The lowest BCUT2D eigenvalue weighted by atomic mass is 10.1. The van der Waals surface area contributed by atoms with Crippen LogP contribution >= 0.6 is 11.3 Å². The Morgan fingerprint density at radius 1 is 1.39 bits per heavy atom. The van der Waals surface area contributed by atoms with E-state index in [1.807, 2.05) is 6.07 Å². The number of hydrogen-bond acceptors (Lipinski definition) is 6. The van der Waals surface area contributed by atoms with Crippen molar-refractivity contribution >= 4 is 23.2 Å². The highest BCUT2D eigenvalue weighted by molar-refractivity contribution is 7.12. The Bertz CT molecular complexity index is 785. The lowest BCUT2D eigenvalue weighted by Crippen LogP contribution is -2.16. The first-order chi connectivity index (χ1) is 11.2. The molecule has 0 radical (unpaired) electrons. The van der Waals surface area contributed by atoms with E-state index in [0.29, 0.717) is 40.9 Å². The zero-order chi connectivity index (χ0) is 16.2. The zero-order valence-electron chi connectivity index (χ0n) is 12.4. The van der Waals surface area contributed by atoms with Gasteiger partial charge in [0.15, 0.2) is 11.5 Å². The van der Waals surface area contributed by atoms with Gasteiger partial charge in [-0.25, -0.2) is 0 Å². The van der Waals surface area contributed by atoms with E-state index >= 15 is 0 Å². The number of carbonyl (C=O) groups excluding carboxylic acids is 1. The van der Waals surface area contributed by atoms with E-state index in [1.54, 1.807) is 29.6 Å². The second-order valence-corrected chi connectivity index (χ2v) is 5.67. The van der Waals surface area contributed by atoms with E-state index in [4.69, 9.17) is 14.2 Å². The summed E-state index contributed by atoms with van der Waals surface area (Å²) in [5.74, 6) is 1.30. The van der Waals surface area contributed by atoms with E-state index in [2.05, 4.69) is 0 Å². The van der Waals surface area contributed by atoms with Gasteiger partial charge >= 0.3 is 0 Å². The first kappa shape index (κ1) is 15.1. The minimum absolute atomic E-state index is 0.0613. The van der Waals surface area contributed by atoms with Crippen LogP contribution in [0, 0.1) is 11.3 Å². The van der Waals surface area contributed by atoms with Crippen molar-refractivity contribution in [3.05, 3.63) is 45.7 Å². The Morgan fingerprint density at radius 3 is 2.91 bits per heavy atom. The summed E-state index contributed by atoms with van der Waals surface area (Å²) in [4.78, 5) is 12.8. The van der Waals surface area contributed by atoms with Crippen molar-refractivity contribution < 1.29 is 19.0 Å². The van der Waals surface area contributed by atoms with E-state index in [1.165, 1.54) is 24.5 Å². The number of ketones is 1. The van der Waals surface area contributed by atoms with E-state index in [-0.39, 0.29) is 11.4 Å². The maximum atomic E-state index is 12.3. The molecule has 0 bridgehead atoms. The predicted molar refractivity (Wildman–Crippen MR) is 86.2 cm³/mol. The summed E-state index contributed by atoms with van der Waals surface area (Å²) in [6.07, 6.45) is 1.53. The molecule has 1 aromatic heterocycles. The lowest BCUT2D eigenvalue weighted by molar-refractivity contribution is 0.104. The normalized spacial score (nSPS) is 13.3. The molecule has 23 heavy (non-hydrogen) atoms. The summed E-state index contributed by atoms with van der Waals surface area (Å²) < 4.78 is 16.4. The third-order valence-electron chi connectivity index (χ3n) is 3.27. The van der Waals surface area contributed by atoms with Gasteiger partial charge in [-0.1, -0.05) is 6.07 Å². The van der Waals surface area contributed by atoms with Crippen LogP contribution in [0.4, 0.5) is 0 Å². The third-order valence-corrected chi connectivity index (χ3v) is 4.14. The molecular weight excluding hydrogens is 314 g/mol. The van der Waals surface area contributed by atoms with Crippen molar-refractivity contribution in [3.63, 3.8) is 0 Å². The summed E-state index contributed by atoms with van der Waals surface area (Å²) >= 11 is 1.30. The van der Waals surface area contributed by atoms with E-state index in [9.17, 15) is 10.1 Å². The molecule has 0 N–H and O–H groups in total. The number of allylic oxidation sites excluding steroid dienone is 1. The molecule has 2 heterocycles. The van der Waals surface area contributed by atoms with Gasteiger partial charge in [-0.2, -0.15) is 5.26 Å². The minimum Gasteiger partial charge on any atom is -0.493 e. The summed E-state index contributed by atoms with van der Waals surface area (Å²) in [7, 11) is 1.53. The number of rotatable bonds is 4. The van der Waals surface area contributed by atoms with Gasteiger partial charge in [0, 0.05) is 0 Å². The topological polar surface area (TPSA) is 68.5 Å². The fourth-order valence-corrected chi connectivity index (χ4v) is 2.91. The van der Waals surface area contributed by atoms with Crippen molar-refractivity contribution in [3.8, 4) is 23.3 Å². The van der Waals surface area contributed by atoms with Crippen molar-refractivity contribution in [1.29, 1.82) is 5.26 Å². The summed E-state index contributed by atoms with van der Waals surface area (Å²) in [5, 5.41) is 11.1. The van der Waals surface area contributed by atoms with Crippen LogP contribution in [-0.4, -0.2) is 26.1 Å². The van der Waals surface area contributed by atoms with Crippen LogP contribution < -0.4 is 14.2 Å². The molecule has 0 spiro atoms. The minimum atomic E-state index is -0.295. The first-order valence-electron chi connectivity index (χ1n) is 6.90. The number of nitriles is 1. The molecule has 0 saturated heterocycles. The number of benzene rings is 1. The van der Waals surface area contributed by atoms with Crippen LogP contribution in [0.15, 0.2) is 35.2 Å². The van der Waals surface area contributed by atoms with Crippen LogP contribution in [0.3, 0.4) is 0 Å². The standard InChI is InChI=1S/C17H13NO4S/c1-20-13-8-11(9-14-17(13)22-5-4-21-14)7-12(10-18)16(19)15-3-2-6-23-15/h2-3,6-9H,4-5H2,1H3/b12-7+. The number of fused-ring (bicyclic) bond motifs is 1. The molecule has 5 nitrogen and oxygen atoms in total. The first-order valence-corrected chi connectivity index (χ1v) is 7.78. The lowest BCUT2D eigenvalue weighted by Gasteiger charge is -2.21. The molecule has 1 aliphatic heterocycles. The van der Waals surface area contributed by atoms with Crippen LogP contribution in [0.2, 0.25) is 0 Å². The highest BCUT2D eigenvalue weighted by Gasteiger charge is 2.19. The van der Waals surface area contributed by atoms with E-state index in [0.717, 1.165) is 0 Å². The van der Waals surface area contributed by atoms with Crippen molar-refractivity contribution in [1.82, 2.24) is 0 Å². The van der Waals surface area contributed by atoms with E-state index < -0.39 is 0 Å². The monoisotopic (exact) mass is 327 g/mol. The molecule has 0 atom stereocenters. The second kappa shape index (κ2) is 6.55. The van der Waals surface area contributed by atoms with Gasteiger partial charge in [0.2, 0.25) is 11.5 Å².